The van der Waals surface area contributed by atoms with Crippen LogP contribution in [0.25, 0.3) is 0 Å². The van der Waals surface area contributed by atoms with Crippen LogP contribution in [0.4, 0.5) is 0 Å². The number of carboxylic acids is 1. The van der Waals surface area contributed by atoms with Gasteiger partial charge < -0.3 is 10.0 Å². The van der Waals surface area contributed by atoms with E-state index in [0.29, 0.717) is 0 Å². The fraction of sp³-hybridized carbons (Fsp3) is 0.600. The Kier molecular flexibility index (Phi) is 4.26. The third-order valence-corrected chi connectivity index (χ3v) is 5.16. The van der Waals surface area contributed by atoms with Gasteiger partial charge in [-0.05, 0) is 37.1 Å². The summed E-state index contributed by atoms with van der Waals surface area (Å²) in [6, 6.07) is 4.56. The van der Waals surface area contributed by atoms with Crippen molar-refractivity contribution in [1.29, 1.82) is 0 Å². The fourth-order valence-corrected chi connectivity index (χ4v) is 3.91. The molecule has 21 heavy (non-hydrogen) atoms. The quantitative estimate of drug-likeness (QED) is 0.873. The zero-order valence-corrected chi connectivity index (χ0v) is 12.7. The van der Waals surface area contributed by atoms with Gasteiger partial charge in [-0.25, -0.2) is 0 Å². The van der Waals surface area contributed by atoms with Gasteiger partial charge in [-0.1, -0.05) is 6.07 Å². The SMILES string of the molecule is O=C(O)CN(CC(=O)N1CCCC1c1cccs1)C1CC1. The lowest BCUT2D eigenvalue weighted by Crippen LogP contribution is -2.42. The smallest absolute Gasteiger partial charge is 0.317 e. The normalized spacial score (nSPS) is 22.0. The van der Waals surface area contributed by atoms with Crippen LogP contribution in [0.15, 0.2) is 17.5 Å². The van der Waals surface area contributed by atoms with Crippen molar-refractivity contribution in [1.82, 2.24) is 9.80 Å². The van der Waals surface area contributed by atoms with E-state index in [4.69, 9.17) is 5.11 Å². The van der Waals surface area contributed by atoms with E-state index in [1.54, 1.807) is 11.3 Å². The minimum absolute atomic E-state index is 0.0338. The summed E-state index contributed by atoms with van der Waals surface area (Å²) in [6.45, 7) is 0.986. The highest BCUT2D eigenvalue weighted by Crippen LogP contribution is 2.35. The van der Waals surface area contributed by atoms with Gasteiger partial charge in [-0.2, -0.15) is 0 Å². The Labute approximate surface area is 128 Å². The first-order chi connectivity index (χ1) is 10.1. The van der Waals surface area contributed by atoms with Crippen molar-refractivity contribution < 1.29 is 14.7 Å². The van der Waals surface area contributed by atoms with Gasteiger partial charge in [0, 0.05) is 17.5 Å². The highest BCUT2D eigenvalue weighted by Gasteiger charge is 2.35. The molecule has 114 valence electrons. The van der Waals surface area contributed by atoms with Crippen LogP contribution in [-0.2, 0) is 9.59 Å². The van der Waals surface area contributed by atoms with Crippen LogP contribution in [0.2, 0.25) is 0 Å². The molecular formula is C15H20N2O3S. The second-order valence-electron chi connectivity index (χ2n) is 5.79. The number of carbonyl (C=O) groups excluding carboxylic acids is 1. The average Bonchev–Trinajstić information content (AvgIpc) is 2.95. The molecule has 0 aromatic carbocycles. The van der Waals surface area contributed by atoms with E-state index in [-0.39, 0.29) is 31.1 Å². The van der Waals surface area contributed by atoms with Crippen LogP contribution in [-0.4, -0.2) is 52.5 Å². The van der Waals surface area contributed by atoms with Crippen LogP contribution >= 0.6 is 11.3 Å². The zero-order valence-electron chi connectivity index (χ0n) is 11.9. The lowest BCUT2D eigenvalue weighted by atomic mass is 10.2. The minimum atomic E-state index is -0.856. The van der Waals surface area contributed by atoms with Gasteiger partial charge in [0.2, 0.25) is 5.91 Å². The summed E-state index contributed by atoms with van der Waals surface area (Å²) < 4.78 is 0. The number of carboxylic acid groups (broad SMARTS) is 1. The minimum Gasteiger partial charge on any atom is -0.480 e. The molecule has 1 amide bonds. The highest BCUT2D eigenvalue weighted by molar-refractivity contribution is 7.10. The number of carbonyl (C=O) groups is 2. The highest BCUT2D eigenvalue weighted by atomic mass is 32.1. The van der Waals surface area contributed by atoms with E-state index in [1.807, 2.05) is 21.2 Å². The third-order valence-electron chi connectivity index (χ3n) is 4.18. The lowest BCUT2D eigenvalue weighted by molar-refractivity contribution is -0.140. The molecule has 6 heteroatoms. The molecule has 2 fully saturated rings. The molecule has 1 aliphatic carbocycles. The number of likely N-dealkylation sites (tertiary alicyclic amines) is 1. The molecule has 1 unspecified atom stereocenters. The predicted molar refractivity (Wildman–Crippen MR) is 80.2 cm³/mol. The summed E-state index contributed by atoms with van der Waals surface area (Å²) in [5.41, 5.74) is 0. The Bertz CT molecular complexity index is 513. The van der Waals surface area contributed by atoms with E-state index in [2.05, 4.69) is 6.07 Å². The summed E-state index contributed by atoms with van der Waals surface area (Å²) in [4.78, 5) is 28.5. The summed E-state index contributed by atoms with van der Waals surface area (Å²) in [6.07, 6.45) is 4.05. The molecule has 0 radical (unpaired) electrons. The number of amides is 1. The van der Waals surface area contributed by atoms with Crippen molar-refractivity contribution in [3.05, 3.63) is 22.4 Å². The molecular weight excluding hydrogens is 288 g/mol. The maximum Gasteiger partial charge on any atom is 0.317 e. The molecule has 1 aromatic rings. The number of hydrogen-bond donors (Lipinski definition) is 1. The van der Waals surface area contributed by atoms with Crippen molar-refractivity contribution in [2.24, 2.45) is 0 Å². The Morgan fingerprint density at radius 1 is 1.33 bits per heavy atom. The number of thiophene rings is 1. The Hall–Kier alpha value is -1.40. The van der Waals surface area contributed by atoms with Crippen molar-refractivity contribution in [3.8, 4) is 0 Å². The average molecular weight is 308 g/mol. The number of hydrogen-bond acceptors (Lipinski definition) is 4. The van der Waals surface area contributed by atoms with Crippen molar-refractivity contribution >= 4 is 23.2 Å². The molecule has 0 bridgehead atoms. The fourth-order valence-electron chi connectivity index (χ4n) is 3.03. The monoisotopic (exact) mass is 308 g/mol. The molecule has 1 aliphatic heterocycles. The molecule has 0 spiro atoms. The van der Waals surface area contributed by atoms with E-state index < -0.39 is 5.97 Å². The summed E-state index contributed by atoms with van der Waals surface area (Å²) in [5, 5.41) is 11.0. The van der Waals surface area contributed by atoms with Crippen LogP contribution in [0, 0.1) is 0 Å². The number of aliphatic carboxylic acids is 1. The first-order valence-corrected chi connectivity index (χ1v) is 8.32. The lowest BCUT2D eigenvalue weighted by Gasteiger charge is -2.27. The Morgan fingerprint density at radius 2 is 2.14 bits per heavy atom. The molecule has 1 saturated heterocycles. The molecule has 1 saturated carbocycles. The van der Waals surface area contributed by atoms with E-state index >= 15 is 0 Å². The molecule has 2 heterocycles. The second kappa shape index (κ2) is 6.15. The van der Waals surface area contributed by atoms with Crippen LogP contribution < -0.4 is 0 Å². The van der Waals surface area contributed by atoms with Gasteiger partial charge in [-0.15, -0.1) is 11.3 Å². The molecule has 5 nitrogen and oxygen atoms in total. The maximum absolute atomic E-state index is 12.6. The maximum atomic E-state index is 12.6. The van der Waals surface area contributed by atoms with Crippen molar-refractivity contribution in [2.45, 2.75) is 37.8 Å². The van der Waals surface area contributed by atoms with E-state index in [1.165, 1.54) is 4.88 Å². The first-order valence-electron chi connectivity index (χ1n) is 7.44. The van der Waals surface area contributed by atoms with Gasteiger partial charge in [0.25, 0.3) is 0 Å². The number of nitrogens with zero attached hydrogens (tertiary/aromatic N) is 2. The third kappa shape index (κ3) is 3.44. The summed E-state index contributed by atoms with van der Waals surface area (Å²) in [7, 11) is 0. The van der Waals surface area contributed by atoms with Gasteiger partial charge in [0.05, 0.1) is 19.1 Å². The standard InChI is InChI=1S/C15H20N2O3S/c18-14(9-16(10-15(19)20)11-5-6-11)17-7-1-3-12(17)13-4-2-8-21-13/h2,4,8,11-12H,1,3,5-7,9-10H2,(H,19,20). The van der Waals surface area contributed by atoms with Gasteiger partial charge in [-0.3, -0.25) is 14.5 Å². The van der Waals surface area contributed by atoms with Crippen LogP contribution in [0.3, 0.4) is 0 Å². The molecule has 1 N–H and O–H groups in total. The topological polar surface area (TPSA) is 60.9 Å². The Balaban J connectivity index is 1.64. The van der Waals surface area contributed by atoms with E-state index in [9.17, 15) is 9.59 Å². The van der Waals surface area contributed by atoms with Crippen molar-refractivity contribution in [3.63, 3.8) is 0 Å². The molecule has 3 rings (SSSR count). The zero-order chi connectivity index (χ0) is 14.8. The predicted octanol–water partition coefficient (Wildman–Crippen LogP) is 1.96. The molecule has 1 atom stereocenters. The van der Waals surface area contributed by atoms with E-state index in [0.717, 1.165) is 32.2 Å². The van der Waals surface area contributed by atoms with Crippen LogP contribution in [0.5, 0.6) is 0 Å². The Morgan fingerprint density at radius 3 is 2.76 bits per heavy atom. The van der Waals surface area contributed by atoms with Crippen molar-refractivity contribution in [2.75, 3.05) is 19.6 Å². The van der Waals surface area contributed by atoms with Gasteiger partial charge in [0.15, 0.2) is 0 Å². The largest absolute Gasteiger partial charge is 0.480 e. The number of rotatable bonds is 6. The summed E-state index contributed by atoms with van der Waals surface area (Å²) in [5.74, 6) is -0.787. The first kappa shape index (κ1) is 14.5. The van der Waals surface area contributed by atoms with Gasteiger partial charge in [0.1, 0.15) is 0 Å². The van der Waals surface area contributed by atoms with Crippen LogP contribution in [0.1, 0.15) is 36.6 Å². The van der Waals surface area contributed by atoms with Gasteiger partial charge >= 0.3 is 5.97 Å². The summed E-state index contributed by atoms with van der Waals surface area (Å²) >= 11 is 1.69. The molecule has 1 aromatic heterocycles. The second-order valence-corrected chi connectivity index (χ2v) is 6.77. The molecule has 2 aliphatic rings.